The van der Waals surface area contributed by atoms with Crippen molar-refractivity contribution in [2.75, 3.05) is 0 Å². The number of aromatic nitrogens is 3. The Bertz CT molecular complexity index is 453. The molecule has 1 aromatic heterocycles. The molecule has 68 valence electrons. The van der Waals surface area contributed by atoms with E-state index < -0.39 is 0 Å². The molecule has 0 fully saturated rings. The van der Waals surface area contributed by atoms with Gasteiger partial charge < -0.3 is 0 Å². The molecule has 0 saturated heterocycles. The van der Waals surface area contributed by atoms with Gasteiger partial charge >= 0.3 is 0 Å². The molecule has 0 spiro atoms. The van der Waals surface area contributed by atoms with E-state index in [1.165, 1.54) is 6.33 Å². The normalized spacial score (nSPS) is 9.64. The lowest BCUT2D eigenvalue weighted by Crippen LogP contribution is -1.99. The molecule has 1 aromatic carbocycles. The van der Waals surface area contributed by atoms with E-state index in [9.17, 15) is 0 Å². The number of hydrogen-bond acceptors (Lipinski definition) is 3. The second kappa shape index (κ2) is 3.71. The van der Waals surface area contributed by atoms with Crippen LogP contribution in [0.5, 0.6) is 0 Å². The van der Waals surface area contributed by atoms with Gasteiger partial charge in [0, 0.05) is 0 Å². The van der Waals surface area contributed by atoms with Gasteiger partial charge in [0.15, 0.2) is 0 Å². The van der Waals surface area contributed by atoms with E-state index in [0.717, 1.165) is 11.3 Å². The summed E-state index contributed by atoms with van der Waals surface area (Å²) < 4.78 is 1.66. The zero-order valence-corrected chi connectivity index (χ0v) is 7.46. The minimum Gasteiger partial charge on any atom is -0.223 e. The van der Waals surface area contributed by atoms with Gasteiger partial charge in [0.05, 0.1) is 18.2 Å². The summed E-state index contributed by atoms with van der Waals surface area (Å²) in [6.07, 6.45) is 3.48. The Morgan fingerprint density at radius 1 is 1.36 bits per heavy atom. The zero-order valence-electron chi connectivity index (χ0n) is 7.46. The predicted octanol–water partition coefficient (Wildman–Crippen LogP) is 1.33. The van der Waals surface area contributed by atoms with Crippen LogP contribution in [0.1, 0.15) is 5.56 Å². The van der Waals surface area contributed by atoms with Crippen LogP contribution in [-0.2, 0) is 6.42 Å². The third-order valence-electron chi connectivity index (χ3n) is 1.93. The molecular formula is C10H8N4. The fourth-order valence-corrected chi connectivity index (χ4v) is 1.30. The van der Waals surface area contributed by atoms with Crippen molar-refractivity contribution in [2.45, 2.75) is 6.42 Å². The minimum atomic E-state index is 0.385. The quantitative estimate of drug-likeness (QED) is 0.707. The Balaban J connectivity index is 2.48. The minimum absolute atomic E-state index is 0.385. The largest absolute Gasteiger partial charge is 0.223 e. The lowest BCUT2D eigenvalue weighted by Gasteiger charge is -2.04. The van der Waals surface area contributed by atoms with Crippen molar-refractivity contribution in [3.63, 3.8) is 0 Å². The van der Waals surface area contributed by atoms with Crippen molar-refractivity contribution < 1.29 is 0 Å². The lowest BCUT2D eigenvalue weighted by atomic mass is 10.1. The van der Waals surface area contributed by atoms with E-state index >= 15 is 0 Å². The summed E-state index contributed by atoms with van der Waals surface area (Å²) in [7, 11) is 0. The highest BCUT2D eigenvalue weighted by molar-refractivity contribution is 5.41. The standard InChI is InChI=1S/C10H8N4/c11-6-5-9-3-1-2-4-10(9)14-8-12-7-13-14/h1-4,7-8H,5H2. The number of para-hydroxylation sites is 1. The Hall–Kier alpha value is -2.15. The molecule has 0 amide bonds. The van der Waals surface area contributed by atoms with Gasteiger partial charge in [-0.3, -0.25) is 0 Å². The van der Waals surface area contributed by atoms with E-state index in [-0.39, 0.29) is 0 Å². The van der Waals surface area contributed by atoms with Crippen molar-refractivity contribution >= 4 is 0 Å². The van der Waals surface area contributed by atoms with Gasteiger partial charge in [-0.1, -0.05) is 18.2 Å². The number of rotatable bonds is 2. The van der Waals surface area contributed by atoms with Crippen molar-refractivity contribution in [3.8, 4) is 11.8 Å². The van der Waals surface area contributed by atoms with Gasteiger partial charge in [0.2, 0.25) is 0 Å². The van der Waals surface area contributed by atoms with E-state index in [2.05, 4.69) is 16.2 Å². The molecule has 0 saturated carbocycles. The zero-order chi connectivity index (χ0) is 9.80. The van der Waals surface area contributed by atoms with E-state index in [0.29, 0.717) is 6.42 Å². The van der Waals surface area contributed by atoms with Crippen molar-refractivity contribution in [1.82, 2.24) is 14.8 Å². The van der Waals surface area contributed by atoms with Crippen LogP contribution in [0.15, 0.2) is 36.9 Å². The molecule has 0 aliphatic carbocycles. The summed E-state index contributed by atoms with van der Waals surface area (Å²) in [5.41, 5.74) is 1.87. The highest BCUT2D eigenvalue weighted by atomic mass is 15.3. The monoisotopic (exact) mass is 184 g/mol. The Morgan fingerprint density at radius 2 is 2.21 bits per heavy atom. The molecule has 0 N–H and O–H groups in total. The first-order valence-electron chi connectivity index (χ1n) is 4.21. The van der Waals surface area contributed by atoms with E-state index in [4.69, 9.17) is 5.26 Å². The van der Waals surface area contributed by atoms with Crippen LogP contribution in [0.3, 0.4) is 0 Å². The van der Waals surface area contributed by atoms with Crippen LogP contribution in [0.25, 0.3) is 5.69 Å². The Labute approximate surface area is 81.4 Å². The second-order valence-corrected chi connectivity index (χ2v) is 2.80. The number of hydrogen-bond donors (Lipinski definition) is 0. The van der Waals surface area contributed by atoms with Crippen LogP contribution in [0.4, 0.5) is 0 Å². The molecular weight excluding hydrogens is 176 g/mol. The summed E-state index contributed by atoms with van der Waals surface area (Å²) in [6.45, 7) is 0. The van der Waals surface area contributed by atoms with Gasteiger partial charge in [-0.05, 0) is 11.6 Å². The Kier molecular flexibility index (Phi) is 2.24. The molecule has 1 heterocycles. The molecule has 4 nitrogen and oxygen atoms in total. The molecule has 2 aromatic rings. The number of benzene rings is 1. The molecule has 0 radical (unpaired) electrons. The van der Waals surface area contributed by atoms with Crippen molar-refractivity contribution in [2.24, 2.45) is 0 Å². The van der Waals surface area contributed by atoms with E-state index in [1.807, 2.05) is 24.3 Å². The van der Waals surface area contributed by atoms with Crippen LogP contribution in [-0.4, -0.2) is 14.8 Å². The highest BCUT2D eigenvalue weighted by Gasteiger charge is 2.02. The first-order valence-corrected chi connectivity index (χ1v) is 4.21. The maximum atomic E-state index is 8.65. The molecule has 4 heteroatoms. The van der Waals surface area contributed by atoms with Gasteiger partial charge in [0.25, 0.3) is 0 Å². The predicted molar refractivity (Wildman–Crippen MR) is 50.7 cm³/mol. The molecule has 2 rings (SSSR count). The fraction of sp³-hybridized carbons (Fsp3) is 0.100. The number of nitrogens with zero attached hydrogens (tertiary/aromatic N) is 4. The first-order chi connectivity index (χ1) is 6.92. The van der Waals surface area contributed by atoms with Crippen LogP contribution in [0, 0.1) is 11.3 Å². The third-order valence-corrected chi connectivity index (χ3v) is 1.93. The van der Waals surface area contributed by atoms with Gasteiger partial charge in [-0.15, -0.1) is 0 Å². The lowest BCUT2D eigenvalue weighted by molar-refractivity contribution is 0.867. The molecule has 0 atom stereocenters. The topological polar surface area (TPSA) is 54.5 Å². The highest BCUT2D eigenvalue weighted by Crippen LogP contribution is 2.12. The van der Waals surface area contributed by atoms with Crippen LogP contribution < -0.4 is 0 Å². The van der Waals surface area contributed by atoms with Gasteiger partial charge in [-0.25, -0.2) is 9.67 Å². The maximum Gasteiger partial charge on any atom is 0.138 e. The summed E-state index contributed by atoms with van der Waals surface area (Å²) in [6, 6.07) is 9.78. The molecule has 0 aliphatic heterocycles. The molecule has 0 aliphatic rings. The third kappa shape index (κ3) is 1.48. The van der Waals surface area contributed by atoms with Gasteiger partial charge in [-0.2, -0.15) is 10.4 Å². The summed E-state index contributed by atoms with van der Waals surface area (Å²) >= 11 is 0. The second-order valence-electron chi connectivity index (χ2n) is 2.80. The maximum absolute atomic E-state index is 8.65. The Morgan fingerprint density at radius 3 is 2.93 bits per heavy atom. The van der Waals surface area contributed by atoms with Gasteiger partial charge in [0.1, 0.15) is 12.7 Å². The number of nitriles is 1. The average molecular weight is 184 g/mol. The van der Waals surface area contributed by atoms with E-state index in [1.54, 1.807) is 11.0 Å². The average Bonchev–Trinajstić information content (AvgIpc) is 2.72. The molecule has 14 heavy (non-hydrogen) atoms. The molecule has 0 unspecified atom stereocenters. The van der Waals surface area contributed by atoms with Crippen LogP contribution in [0.2, 0.25) is 0 Å². The summed E-state index contributed by atoms with van der Waals surface area (Å²) in [5, 5.41) is 12.7. The van der Waals surface area contributed by atoms with Crippen molar-refractivity contribution in [3.05, 3.63) is 42.5 Å². The SMILES string of the molecule is N#CCc1ccccc1-n1cncn1. The van der Waals surface area contributed by atoms with Crippen LogP contribution >= 0.6 is 0 Å². The smallest absolute Gasteiger partial charge is 0.138 e. The summed E-state index contributed by atoms with van der Waals surface area (Å²) in [4.78, 5) is 3.87. The van der Waals surface area contributed by atoms with Crippen molar-refractivity contribution in [1.29, 1.82) is 5.26 Å². The first kappa shape index (κ1) is 8.45. The fourth-order valence-electron chi connectivity index (χ4n) is 1.30. The summed E-state index contributed by atoms with van der Waals surface area (Å²) in [5.74, 6) is 0. The molecule has 0 bridgehead atoms.